The van der Waals surface area contributed by atoms with Gasteiger partial charge in [-0.2, -0.15) is 0 Å². The summed E-state index contributed by atoms with van der Waals surface area (Å²) in [5, 5.41) is 0. The zero-order valence-corrected chi connectivity index (χ0v) is 16.0. The molecule has 1 fully saturated rings. The lowest BCUT2D eigenvalue weighted by Crippen LogP contribution is -2.30. The summed E-state index contributed by atoms with van der Waals surface area (Å²) in [6.45, 7) is 5.47. The molecule has 2 atom stereocenters. The molecule has 1 aliphatic rings. The fraction of sp³-hybridized carbons (Fsp3) is 0.364. The van der Waals surface area contributed by atoms with E-state index in [2.05, 4.69) is 64.6 Å². The molecule has 27 heavy (non-hydrogen) atoms. The van der Waals surface area contributed by atoms with E-state index < -0.39 is 0 Å². The first-order valence-corrected chi connectivity index (χ1v) is 9.76. The van der Waals surface area contributed by atoms with Crippen LogP contribution in [0.4, 0.5) is 0 Å². The number of hydrazine groups is 1. The summed E-state index contributed by atoms with van der Waals surface area (Å²) in [6, 6.07) is 15.5. The smallest absolute Gasteiger partial charge is 0.0963 e. The maximum absolute atomic E-state index is 4.75. The van der Waals surface area contributed by atoms with E-state index in [0.717, 1.165) is 35.5 Å². The highest BCUT2D eigenvalue weighted by Crippen LogP contribution is 2.31. The second kappa shape index (κ2) is 8.03. The molecule has 0 radical (unpaired) electrons. The summed E-state index contributed by atoms with van der Waals surface area (Å²) in [6.07, 6.45) is 8.03. The van der Waals surface area contributed by atoms with Gasteiger partial charge in [-0.1, -0.05) is 30.3 Å². The van der Waals surface area contributed by atoms with Gasteiger partial charge in [-0.05, 0) is 44.7 Å². The van der Waals surface area contributed by atoms with Gasteiger partial charge in [0.05, 0.1) is 17.7 Å². The van der Waals surface area contributed by atoms with Crippen LogP contribution < -0.4 is 10.9 Å². The molecule has 1 saturated heterocycles. The van der Waals surface area contributed by atoms with E-state index in [9.17, 15) is 0 Å². The molecule has 2 unspecified atom stereocenters. The van der Waals surface area contributed by atoms with E-state index in [4.69, 9.17) is 4.98 Å². The van der Waals surface area contributed by atoms with Crippen LogP contribution in [0.5, 0.6) is 0 Å². The van der Waals surface area contributed by atoms with Gasteiger partial charge in [-0.15, -0.1) is 0 Å². The summed E-state index contributed by atoms with van der Waals surface area (Å²) < 4.78 is 2.28. The van der Waals surface area contributed by atoms with Crippen LogP contribution in [0.1, 0.15) is 26.7 Å². The van der Waals surface area contributed by atoms with E-state index >= 15 is 0 Å². The Morgan fingerprint density at radius 2 is 1.70 bits per heavy atom. The number of imidazole rings is 1. The Hall–Kier alpha value is -2.50. The fourth-order valence-electron chi connectivity index (χ4n) is 4.07. The quantitative estimate of drug-likeness (QED) is 0.699. The minimum atomic E-state index is 0.514. The lowest BCUT2D eigenvalue weighted by atomic mass is 9.91. The Labute approximate surface area is 160 Å². The topological polar surface area (TPSA) is 54.8 Å². The van der Waals surface area contributed by atoms with Crippen molar-refractivity contribution in [3.05, 3.63) is 61.2 Å². The highest BCUT2D eigenvalue weighted by molar-refractivity contribution is 5.78. The van der Waals surface area contributed by atoms with Crippen LogP contribution in [0.2, 0.25) is 0 Å². The first kappa shape index (κ1) is 17.9. The molecule has 140 valence electrons. The molecule has 2 N–H and O–H groups in total. The third kappa shape index (κ3) is 3.80. The molecule has 0 amide bonds. The third-order valence-electron chi connectivity index (χ3n) is 5.58. The number of hydrogen-bond acceptors (Lipinski definition) is 4. The van der Waals surface area contributed by atoms with Crippen molar-refractivity contribution in [3.8, 4) is 22.5 Å². The first-order chi connectivity index (χ1) is 13.2. The number of pyridine rings is 1. The van der Waals surface area contributed by atoms with Gasteiger partial charge < -0.3 is 4.57 Å². The molecule has 5 heteroatoms. The largest absolute Gasteiger partial charge is 0.330 e. The van der Waals surface area contributed by atoms with E-state index in [1.807, 2.05) is 30.9 Å². The Bertz CT molecular complexity index is 849. The zero-order valence-electron chi connectivity index (χ0n) is 16.0. The van der Waals surface area contributed by atoms with Crippen LogP contribution >= 0.6 is 0 Å². The fourth-order valence-corrected chi connectivity index (χ4v) is 4.07. The lowest BCUT2D eigenvalue weighted by Gasteiger charge is -2.18. The summed E-state index contributed by atoms with van der Waals surface area (Å²) in [5.41, 5.74) is 11.1. The minimum Gasteiger partial charge on any atom is -0.330 e. The lowest BCUT2D eigenvalue weighted by molar-refractivity contribution is 0.390. The molecule has 0 saturated carbocycles. The van der Waals surface area contributed by atoms with Crippen molar-refractivity contribution in [3.63, 3.8) is 0 Å². The van der Waals surface area contributed by atoms with Crippen LogP contribution in [0.25, 0.3) is 22.5 Å². The molecule has 1 aromatic carbocycles. The summed E-state index contributed by atoms with van der Waals surface area (Å²) in [7, 11) is 0. The van der Waals surface area contributed by atoms with E-state index in [0.29, 0.717) is 18.0 Å². The highest BCUT2D eigenvalue weighted by atomic mass is 15.4. The Morgan fingerprint density at radius 1 is 0.963 bits per heavy atom. The Balaban J connectivity index is 1.58. The van der Waals surface area contributed by atoms with Crippen molar-refractivity contribution in [2.75, 3.05) is 0 Å². The second-order valence-corrected chi connectivity index (χ2v) is 7.42. The molecule has 0 spiro atoms. The van der Waals surface area contributed by atoms with Crippen LogP contribution in [-0.2, 0) is 6.54 Å². The molecule has 4 rings (SSSR count). The van der Waals surface area contributed by atoms with Crippen molar-refractivity contribution in [1.82, 2.24) is 25.4 Å². The number of nitrogens with zero attached hydrogens (tertiary/aromatic N) is 3. The van der Waals surface area contributed by atoms with Crippen molar-refractivity contribution in [2.24, 2.45) is 5.92 Å². The Morgan fingerprint density at radius 3 is 2.41 bits per heavy atom. The van der Waals surface area contributed by atoms with Gasteiger partial charge in [0.25, 0.3) is 0 Å². The third-order valence-corrected chi connectivity index (χ3v) is 5.58. The number of aromatic nitrogens is 3. The molecule has 1 aliphatic heterocycles. The number of aryl methyl sites for hydroxylation is 1. The van der Waals surface area contributed by atoms with Gasteiger partial charge in [0.2, 0.25) is 0 Å². The maximum Gasteiger partial charge on any atom is 0.0963 e. The van der Waals surface area contributed by atoms with Crippen LogP contribution in [0.3, 0.4) is 0 Å². The van der Waals surface area contributed by atoms with Gasteiger partial charge in [-0.25, -0.2) is 4.98 Å². The molecule has 5 nitrogen and oxygen atoms in total. The van der Waals surface area contributed by atoms with E-state index in [1.54, 1.807) is 0 Å². The van der Waals surface area contributed by atoms with Crippen molar-refractivity contribution < 1.29 is 0 Å². The summed E-state index contributed by atoms with van der Waals surface area (Å²) in [5.74, 6) is 0.656. The minimum absolute atomic E-state index is 0.514. The second-order valence-electron chi connectivity index (χ2n) is 7.42. The van der Waals surface area contributed by atoms with Crippen LogP contribution in [0, 0.1) is 5.92 Å². The average Bonchev–Trinajstić information content (AvgIpc) is 3.27. The number of rotatable bonds is 6. The molecule has 3 heterocycles. The van der Waals surface area contributed by atoms with Crippen molar-refractivity contribution >= 4 is 0 Å². The van der Waals surface area contributed by atoms with Gasteiger partial charge in [0.1, 0.15) is 0 Å². The molecule has 3 aromatic rings. The monoisotopic (exact) mass is 361 g/mol. The van der Waals surface area contributed by atoms with Gasteiger partial charge in [0.15, 0.2) is 0 Å². The molecule has 2 aromatic heterocycles. The van der Waals surface area contributed by atoms with Crippen LogP contribution in [0.15, 0.2) is 61.2 Å². The van der Waals surface area contributed by atoms with E-state index in [1.165, 1.54) is 6.42 Å². The predicted octanol–water partition coefficient (Wildman–Crippen LogP) is 3.89. The van der Waals surface area contributed by atoms with Gasteiger partial charge in [-0.3, -0.25) is 15.8 Å². The number of nitrogens with one attached hydrogen (secondary N) is 2. The molecule has 0 bridgehead atoms. The first-order valence-electron chi connectivity index (χ1n) is 9.76. The summed E-state index contributed by atoms with van der Waals surface area (Å²) >= 11 is 0. The van der Waals surface area contributed by atoms with Crippen molar-refractivity contribution in [2.45, 2.75) is 45.3 Å². The van der Waals surface area contributed by atoms with E-state index in [-0.39, 0.29) is 0 Å². The number of benzene rings is 1. The Kier molecular flexibility index (Phi) is 5.32. The molecular weight excluding hydrogens is 334 g/mol. The number of hydrogen-bond donors (Lipinski definition) is 2. The maximum atomic E-state index is 4.75. The van der Waals surface area contributed by atoms with Gasteiger partial charge >= 0.3 is 0 Å². The zero-order chi connectivity index (χ0) is 18.6. The summed E-state index contributed by atoms with van der Waals surface area (Å²) in [4.78, 5) is 9.08. The van der Waals surface area contributed by atoms with Crippen LogP contribution in [-0.4, -0.2) is 26.6 Å². The standard InChI is InChI=1S/C22H27N5/c1-16-20(17(2)26-25-16)11-7-13-27-15-24-21(18-8-4-3-5-9-18)22(27)19-10-6-12-23-14-19/h3-6,8-10,12,14-17,20,25-26H,7,11,13H2,1-2H3. The van der Waals surface area contributed by atoms with Crippen molar-refractivity contribution in [1.29, 1.82) is 0 Å². The SMILES string of the molecule is CC1NNC(C)C1CCCn1cnc(-c2ccccc2)c1-c1cccnc1. The molecule has 0 aliphatic carbocycles. The van der Waals surface area contributed by atoms with Gasteiger partial charge in [0, 0.05) is 42.1 Å². The average molecular weight is 361 g/mol. The predicted molar refractivity (Wildman–Crippen MR) is 109 cm³/mol. The highest BCUT2D eigenvalue weighted by Gasteiger charge is 2.29. The molecular formula is C22H27N5. The normalized spacial score (nSPS) is 22.2.